The highest BCUT2D eigenvalue weighted by Gasteiger charge is 2.45. The number of nitrogens with zero attached hydrogens (tertiary/aromatic N) is 1. The van der Waals surface area contributed by atoms with Crippen molar-refractivity contribution in [3.63, 3.8) is 0 Å². The fraction of sp³-hybridized carbons (Fsp3) is 0.846. The number of nitrogens with one attached hydrogen (secondary N) is 1. The zero-order chi connectivity index (χ0) is 14.6. The van der Waals surface area contributed by atoms with Crippen LogP contribution in [0, 0.1) is 5.41 Å². The van der Waals surface area contributed by atoms with Gasteiger partial charge in [0, 0.05) is 24.5 Å². The summed E-state index contributed by atoms with van der Waals surface area (Å²) in [6, 6.07) is 0.200. The topological polar surface area (TPSA) is 96.9 Å². The fourth-order valence-corrected chi connectivity index (χ4v) is 3.82. The number of carbonyl (C=O) groups is 1. The first-order valence-electron chi connectivity index (χ1n) is 7.02. The van der Waals surface area contributed by atoms with Crippen molar-refractivity contribution >= 4 is 23.5 Å². The fourth-order valence-electron chi connectivity index (χ4n) is 3.02. The van der Waals surface area contributed by atoms with E-state index in [4.69, 9.17) is 15.7 Å². The average molecular weight is 301 g/mol. The van der Waals surface area contributed by atoms with Gasteiger partial charge in [-0.1, -0.05) is 5.16 Å². The Morgan fingerprint density at radius 3 is 2.70 bits per heavy atom. The van der Waals surface area contributed by atoms with E-state index in [0.717, 1.165) is 19.3 Å². The summed E-state index contributed by atoms with van der Waals surface area (Å²) in [7, 11) is 0. The van der Waals surface area contributed by atoms with E-state index in [0.29, 0.717) is 31.3 Å². The van der Waals surface area contributed by atoms with Gasteiger partial charge in [-0.25, -0.2) is 0 Å². The van der Waals surface area contributed by atoms with Crippen molar-refractivity contribution in [3.8, 4) is 0 Å². The first kappa shape index (κ1) is 15.4. The summed E-state index contributed by atoms with van der Waals surface area (Å²) in [5, 5.41) is 15.8. The largest absolute Gasteiger partial charge is 0.409 e. The summed E-state index contributed by atoms with van der Waals surface area (Å²) in [5.41, 5.74) is 4.88. The van der Waals surface area contributed by atoms with Gasteiger partial charge >= 0.3 is 0 Å². The molecule has 1 aliphatic heterocycles. The van der Waals surface area contributed by atoms with Gasteiger partial charge in [0.1, 0.15) is 5.41 Å². The Labute approximate surface area is 123 Å². The Kier molecular flexibility index (Phi) is 5.15. The third kappa shape index (κ3) is 3.03. The van der Waals surface area contributed by atoms with Crippen LogP contribution in [0.1, 0.15) is 32.1 Å². The van der Waals surface area contributed by atoms with E-state index in [-0.39, 0.29) is 17.8 Å². The monoisotopic (exact) mass is 301 g/mol. The molecular weight excluding hydrogens is 278 g/mol. The molecule has 2 rings (SSSR count). The molecule has 114 valence electrons. The summed E-state index contributed by atoms with van der Waals surface area (Å²) < 4.78 is 5.30. The highest BCUT2D eigenvalue weighted by molar-refractivity contribution is 7.99. The summed E-state index contributed by atoms with van der Waals surface area (Å²) in [5.74, 6) is -0.124. The maximum absolute atomic E-state index is 12.6. The quantitative estimate of drug-likeness (QED) is 0.311. The Morgan fingerprint density at radius 2 is 2.15 bits per heavy atom. The molecule has 20 heavy (non-hydrogen) atoms. The van der Waals surface area contributed by atoms with E-state index in [1.54, 1.807) is 0 Å². The van der Waals surface area contributed by atoms with E-state index in [9.17, 15) is 4.79 Å². The molecule has 1 saturated heterocycles. The van der Waals surface area contributed by atoms with Crippen LogP contribution in [0.4, 0.5) is 0 Å². The number of amidine groups is 1. The predicted octanol–water partition coefficient (Wildman–Crippen LogP) is 0.930. The molecule has 6 nitrogen and oxygen atoms in total. The van der Waals surface area contributed by atoms with E-state index in [2.05, 4.69) is 16.7 Å². The second-order valence-electron chi connectivity index (χ2n) is 5.52. The molecule has 0 radical (unpaired) electrons. The van der Waals surface area contributed by atoms with Crippen LogP contribution in [0.15, 0.2) is 5.16 Å². The van der Waals surface area contributed by atoms with Crippen LogP contribution in [0.25, 0.3) is 0 Å². The Balaban J connectivity index is 2.04. The van der Waals surface area contributed by atoms with Crippen LogP contribution in [-0.4, -0.2) is 47.7 Å². The molecular formula is C13H23N3O3S. The molecule has 0 aromatic heterocycles. The molecule has 1 saturated carbocycles. The lowest BCUT2D eigenvalue weighted by molar-refractivity contribution is -0.132. The minimum atomic E-state index is -0.912. The van der Waals surface area contributed by atoms with Crippen molar-refractivity contribution in [1.29, 1.82) is 0 Å². The van der Waals surface area contributed by atoms with Gasteiger partial charge in [0.2, 0.25) is 5.91 Å². The lowest BCUT2D eigenvalue weighted by atomic mass is 9.78. The molecule has 0 bridgehead atoms. The van der Waals surface area contributed by atoms with Gasteiger partial charge in [0.15, 0.2) is 5.84 Å². The summed E-state index contributed by atoms with van der Waals surface area (Å²) in [4.78, 5) is 12.6. The highest BCUT2D eigenvalue weighted by Crippen LogP contribution is 2.33. The molecule has 4 N–H and O–H groups in total. The summed E-state index contributed by atoms with van der Waals surface area (Å²) in [6.45, 7) is 0.920. The van der Waals surface area contributed by atoms with Gasteiger partial charge in [-0.05, 0) is 38.4 Å². The third-order valence-corrected chi connectivity index (χ3v) is 5.53. The predicted molar refractivity (Wildman–Crippen MR) is 79.0 cm³/mol. The molecule has 2 aliphatic rings. The smallest absolute Gasteiger partial charge is 0.234 e. The normalized spacial score (nSPS) is 30.1. The minimum Gasteiger partial charge on any atom is -0.409 e. The number of hydrogen-bond donors (Lipinski definition) is 3. The van der Waals surface area contributed by atoms with Crippen molar-refractivity contribution in [1.82, 2.24) is 5.32 Å². The molecule has 2 unspecified atom stereocenters. The molecule has 1 aliphatic carbocycles. The number of carbonyl (C=O) groups excluding carboxylic acids is 1. The lowest BCUT2D eigenvalue weighted by Crippen LogP contribution is -2.54. The molecule has 2 fully saturated rings. The van der Waals surface area contributed by atoms with Crippen LogP contribution in [0.3, 0.4) is 0 Å². The first-order valence-corrected chi connectivity index (χ1v) is 8.30. The number of hydrogen-bond acceptors (Lipinski definition) is 5. The SMILES string of the molecule is CSC1CCC(NC(=O)C2(C(N)=NO)CCOCC2)C1. The number of oxime groups is 1. The maximum Gasteiger partial charge on any atom is 0.234 e. The van der Waals surface area contributed by atoms with Crippen molar-refractivity contribution < 1.29 is 14.7 Å². The Bertz CT molecular complexity index is 383. The van der Waals surface area contributed by atoms with Crippen LogP contribution in [-0.2, 0) is 9.53 Å². The van der Waals surface area contributed by atoms with Crippen molar-refractivity contribution in [2.24, 2.45) is 16.3 Å². The van der Waals surface area contributed by atoms with E-state index < -0.39 is 5.41 Å². The maximum atomic E-state index is 12.6. The number of rotatable bonds is 4. The second kappa shape index (κ2) is 6.67. The molecule has 1 heterocycles. The van der Waals surface area contributed by atoms with Crippen molar-refractivity contribution in [3.05, 3.63) is 0 Å². The zero-order valence-electron chi connectivity index (χ0n) is 11.8. The number of amides is 1. The van der Waals surface area contributed by atoms with E-state index >= 15 is 0 Å². The van der Waals surface area contributed by atoms with Gasteiger partial charge in [0.05, 0.1) is 0 Å². The Morgan fingerprint density at radius 1 is 1.45 bits per heavy atom. The van der Waals surface area contributed by atoms with Gasteiger partial charge < -0.3 is 21.0 Å². The van der Waals surface area contributed by atoms with E-state index in [1.165, 1.54) is 0 Å². The van der Waals surface area contributed by atoms with Crippen molar-refractivity contribution in [2.75, 3.05) is 19.5 Å². The summed E-state index contributed by atoms with van der Waals surface area (Å²) >= 11 is 1.85. The van der Waals surface area contributed by atoms with Gasteiger partial charge in [0.25, 0.3) is 0 Å². The standard InChI is InChI=1S/C13H23N3O3S/c1-20-10-3-2-9(8-10)15-12(17)13(11(14)16-18)4-6-19-7-5-13/h9-10,18H,2-8H2,1H3,(H2,14,16)(H,15,17). The van der Waals surface area contributed by atoms with Gasteiger partial charge in [-0.3, -0.25) is 4.79 Å². The molecule has 2 atom stereocenters. The van der Waals surface area contributed by atoms with Crippen molar-refractivity contribution in [2.45, 2.75) is 43.4 Å². The lowest BCUT2D eigenvalue weighted by Gasteiger charge is -2.35. The average Bonchev–Trinajstić information content (AvgIpc) is 2.94. The molecule has 1 amide bonds. The second-order valence-corrected chi connectivity index (χ2v) is 6.66. The molecule has 0 aromatic rings. The number of ether oxygens (including phenoxy) is 1. The van der Waals surface area contributed by atoms with Crippen LogP contribution >= 0.6 is 11.8 Å². The van der Waals surface area contributed by atoms with Gasteiger partial charge in [-0.2, -0.15) is 11.8 Å². The highest BCUT2D eigenvalue weighted by atomic mass is 32.2. The summed E-state index contributed by atoms with van der Waals surface area (Å²) in [6.07, 6.45) is 6.16. The minimum absolute atomic E-state index is 0.00212. The molecule has 0 spiro atoms. The van der Waals surface area contributed by atoms with Gasteiger partial charge in [-0.15, -0.1) is 0 Å². The first-order chi connectivity index (χ1) is 9.62. The number of thioether (sulfide) groups is 1. The number of nitrogens with two attached hydrogens (primary N) is 1. The molecule has 0 aromatic carbocycles. The third-order valence-electron chi connectivity index (χ3n) is 4.43. The van der Waals surface area contributed by atoms with Crippen LogP contribution in [0.5, 0.6) is 0 Å². The van der Waals surface area contributed by atoms with Crippen LogP contribution in [0.2, 0.25) is 0 Å². The van der Waals surface area contributed by atoms with Crippen LogP contribution < -0.4 is 11.1 Å². The zero-order valence-corrected chi connectivity index (χ0v) is 12.6. The Hall–Kier alpha value is -0.950. The molecule has 7 heteroatoms. The van der Waals surface area contributed by atoms with E-state index in [1.807, 2.05) is 11.8 Å².